The number of benzene rings is 2. The van der Waals surface area contributed by atoms with Crippen molar-refractivity contribution in [1.82, 2.24) is 9.21 Å². The van der Waals surface area contributed by atoms with Crippen LogP contribution in [-0.4, -0.2) is 66.0 Å². The van der Waals surface area contributed by atoms with E-state index in [1.54, 1.807) is 0 Å². The molecule has 0 spiro atoms. The molecule has 2 aromatic carbocycles. The minimum absolute atomic E-state index is 0.0302. The molecule has 15 heteroatoms. The van der Waals surface area contributed by atoms with E-state index in [1.165, 1.54) is 6.92 Å². The maximum Gasteiger partial charge on any atom is 0.300 e. The lowest BCUT2D eigenvalue weighted by atomic mass is 10.1. The van der Waals surface area contributed by atoms with Crippen LogP contribution in [-0.2, 0) is 26.2 Å². The Balaban J connectivity index is 1.85. The number of aryl methyl sites for hydroxylation is 1. The number of nitrogens with zero attached hydrogens (tertiary/aromatic N) is 2. The van der Waals surface area contributed by atoms with Gasteiger partial charge in [0.2, 0.25) is 0 Å². The van der Waals surface area contributed by atoms with Crippen LogP contribution in [0.3, 0.4) is 0 Å². The molecule has 218 valence electrons. The van der Waals surface area contributed by atoms with E-state index in [0.717, 1.165) is 40.4 Å². The van der Waals surface area contributed by atoms with Gasteiger partial charge in [-0.05, 0) is 37.5 Å². The van der Waals surface area contributed by atoms with Crippen LogP contribution >= 0.6 is 11.8 Å². The molecular weight excluding hydrogens is 573 g/mol. The van der Waals surface area contributed by atoms with Crippen molar-refractivity contribution in [3.05, 3.63) is 76.1 Å². The first-order chi connectivity index (χ1) is 18.8. The van der Waals surface area contributed by atoms with Gasteiger partial charge in [0.25, 0.3) is 28.4 Å². The van der Waals surface area contributed by atoms with Crippen LogP contribution in [0.2, 0.25) is 0 Å². The molecule has 0 radical (unpaired) electrons. The minimum atomic E-state index is -4.48. The maximum atomic E-state index is 14.8. The van der Waals surface area contributed by atoms with Gasteiger partial charge in [0.05, 0.1) is 6.54 Å². The van der Waals surface area contributed by atoms with Gasteiger partial charge >= 0.3 is 0 Å². The number of ether oxygens (including phenoxy) is 1. The number of nitrogens with two attached hydrogens (primary N) is 2. The predicted octanol–water partition coefficient (Wildman–Crippen LogP) is 2.26. The highest BCUT2D eigenvalue weighted by Gasteiger charge is 2.42. The van der Waals surface area contributed by atoms with Crippen molar-refractivity contribution in [1.29, 1.82) is 0 Å². The molecule has 2 amide bonds. The summed E-state index contributed by atoms with van der Waals surface area (Å²) in [5, 5.41) is 15.1. The van der Waals surface area contributed by atoms with Crippen LogP contribution in [0.1, 0.15) is 30.6 Å². The number of alkyl halides is 2. The fraction of sp³-hybridized carbons (Fsp3) is 0.360. The first kappa shape index (κ1) is 31.3. The fourth-order valence-corrected chi connectivity index (χ4v) is 6.77. The second kappa shape index (κ2) is 13.4. The smallest absolute Gasteiger partial charge is 0.300 e. The number of rotatable bonds is 13. The van der Waals surface area contributed by atoms with E-state index < -0.39 is 57.9 Å². The molecule has 0 fully saturated rings. The highest BCUT2D eigenvalue weighted by Crippen LogP contribution is 2.39. The molecule has 2 aromatic rings. The average molecular weight is 603 g/mol. The Morgan fingerprint density at radius 1 is 1.20 bits per heavy atom. The van der Waals surface area contributed by atoms with E-state index in [-0.39, 0.29) is 29.4 Å². The third kappa shape index (κ3) is 7.90. The fourth-order valence-electron chi connectivity index (χ4n) is 4.17. The van der Waals surface area contributed by atoms with Crippen molar-refractivity contribution in [2.45, 2.75) is 37.7 Å². The summed E-state index contributed by atoms with van der Waals surface area (Å²) in [6.07, 6.45) is -3.86. The summed E-state index contributed by atoms with van der Waals surface area (Å²) < 4.78 is 69.7. The number of aliphatic hydroxyl groups is 1. The summed E-state index contributed by atoms with van der Waals surface area (Å²) in [6.45, 7) is 0.224. The van der Waals surface area contributed by atoms with Gasteiger partial charge in [-0.2, -0.15) is 8.42 Å². The summed E-state index contributed by atoms with van der Waals surface area (Å²) in [5.41, 5.74) is 5.58. The van der Waals surface area contributed by atoms with Crippen LogP contribution in [0.4, 0.5) is 13.2 Å². The molecule has 0 bridgehead atoms. The molecule has 2 atom stereocenters. The number of primary amides is 1. The Kier molecular flexibility index (Phi) is 10.5. The number of aliphatic hydroxyl groups excluding tert-OH is 1. The highest BCUT2D eigenvalue weighted by atomic mass is 32.2. The molecule has 0 aliphatic carbocycles. The van der Waals surface area contributed by atoms with Gasteiger partial charge in [0, 0.05) is 23.1 Å². The number of carbonyl (C=O) groups excluding carboxylic acids is 2. The third-order valence-electron chi connectivity index (χ3n) is 5.94. The van der Waals surface area contributed by atoms with Gasteiger partial charge in [-0.25, -0.2) is 22.6 Å². The number of thioether (sulfide) groups is 1. The van der Waals surface area contributed by atoms with E-state index in [4.69, 9.17) is 15.6 Å². The van der Waals surface area contributed by atoms with Gasteiger partial charge in [-0.1, -0.05) is 30.3 Å². The first-order valence-electron chi connectivity index (χ1n) is 12.0. The van der Waals surface area contributed by atoms with Crippen molar-refractivity contribution in [3.8, 4) is 5.75 Å². The SMILES string of the molecule is CC1=C(C(N)=O)N(S(N)(=O)=O)C(CN(CCCc2ccccc2)C(=O)C(O)c2ccc(OCC(F)F)cc2F)S1. The highest BCUT2D eigenvalue weighted by molar-refractivity contribution is 8.04. The van der Waals surface area contributed by atoms with E-state index in [1.807, 2.05) is 30.3 Å². The number of amides is 2. The lowest BCUT2D eigenvalue weighted by Gasteiger charge is -2.32. The number of allylic oxidation sites excluding steroid dienone is 1. The molecule has 1 aliphatic rings. The van der Waals surface area contributed by atoms with Crippen LogP contribution in [0, 0.1) is 5.82 Å². The number of carbonyl (C=O) groups is 2. The van der Waals surface area contributed by atoms with Crippen molar-refractivity contribution in [2.24, 2.45) is 10.9 Å². The van der Waals surface area contributed by atoms with Gasteiger partial charge in [0.1, 0.15) is 29.2 Å². The van der Waals surface area contributed by atoms with E-state index >= 15 is 0 Å². The Bertz CT molecular complexity index is 1360. The second-order valence-corrected chi connectivity index (χ2v) is 11.7. The summed E-state index contributed by atoms with van der Waals surface area (Å²) >= 11 is 0.951. The summed E-state index contributed by atoms with van der Waals surface area (Å²) in [6, 6.07) is 12.3. The normalized spacial score (nSPS) is 16.4. The zero-order valence-corrected chi connectivity index (χ0v) is 23.0. The molecule has 0 saturated carbocycles. The van der Waals surface area contributed by atoms with Gasteiger partial charge in [-0.3, -0.25) is 9.59 Å². The van der Waals surface area contributed by atoms with Crippen molar-refractivity contribution in [3.63, 3.8) is 0 Å². The molecular formula is C25H29F3N4O6S2. The Labute approximate surface area is 233 Å². The molecule has 1 heterocycles. The van der Waals surface area contributed by atoms with Gasteiger partial charge < -0.3 is 20.5 Å². The minimum Gasteiger partial charge on any atom is -0.488 e. The van der Waals surface area contributed by atoms with Crippen molar-refractivity contribution in [2.75, 3.05) is 19.7 Å². The third-order valence-corrected chi connectivity index (χ3v) is 8.23. The summed E-state index contributed by atoms with van der Waals surface area (Å²) in [4.78, 5) is 26.9. The monoisotopic (exact) mass is 602 g/mol. The van der Waals surface area contributed by atoms with E-state index in [2.05, 4.69) is 0 Å². The number of hydrogen-bond acceptors (Lipinski definition) is 7. The van der Waals surface area contributed by atoms with Gasteiger partial charge in [0.15, 0.2) is 6.10 Å². The quantitative estimate of drug-likeness (QED) is 0.318. The maximum absolute atomic E-state index is 14.8. The topological polar surface area (TPSA) is 156 Å². The lowest BCUT2D eigenvalue weighted by molar-refractivity contribution is -0.141. The lowest BCUT2D eigenvalue weighted by Crippen LogP contribution is -2.49. The van der Waals surface area contributed by atoms with E-state index in [9.17, 15) is 36.3 Å². The Hall–Kier alpha value is -3.27. The number of hydrogen-bond donors (Lipinski definition) is 3. The van der Waals surface area contributed by atoms with Crippen molar-refractivity contribution >= 4 is 33.8 Å². The van der Waals surface area contributed by atoms with Crippen molar-refractivity contribution < 1.29 is 41.0 Å². The average Bonchev–Trinajstić information content (AvgIpc) is 3.23. The van der Waals surface area contributed by atoms with E-state index in [0.29, 0.717) is 17.1 Å². The Morgan fingerprint density at radius 2 is 1.88 bits per heavy atom. The van der Waals surface area contributed by atoms with Crippen LogP contribution in [0.5, 0.6) is 5.75 Å². The zero-order valence-electron chi connectivity index (χ0n) is 21.4. The summed E-state index contributed by atoms with van der Waals surface area (Å²) in [5.74, 6) is -3.26. The largest absolute Gasteiger partial charge is 0.488 e. The zero-order chi connectivity index (χ0) is 29.6. The van der Waals surface area contributed by atoms with Gasteiger partial charge in [-0.15, -0.1) is 11.8 Å². The Morgan fingerprint density at radius 3 is 2.45 bits per heavy atom. The molecule has 0 aromatic heterocycles. The number of halogens is 3. The molecule has 0 saturated heterocycles. The molecule has 5 N–H and O–H groups in total. The predicted molar refractivity (Wildman–Crippen MR) is 142 cm³/mol. The van der Waals surface area contributed by atoms with Crippen LogP contribution in [0.15, 0.2) is 59.1 Å². The molecule has 10 nitrogen and oxygen atoms in total. The molecule has 2 unspecified atom stereocenters. The van der Waals surface area contributed by atoms with Crippen LogP contribution in [0.25, 0.3) is 0 Å². The second-order valence-electron chi connectivity index (χ2n) is 8.84. The molecule has 1 aliphatic heterocycles. The molecule has 3 rings (SSSR count). The van der Waals surface area contributed by atoms with Crippen LogP contribution < -0.4 is 15.6 Å². The summed E-state index contributed by atoms with van der Waals surface area (Å²) in [7, 11) is -4.48. The molecule has 40 heavy (non-hydrogen) atoms. The standard InChI is InChI=1S/C25H29F3N4O6S2/c1-15-22(24(29)34)32(40(30,36)37)21(39-15)13-31(11-5-8-16-6-3-2-4-7-16)25(35)23(33)18-10-9-17(12-19(18)26)38-14-20(27)28/h2-4,6-7,9-10,12,20-21,23,33H,5,8,11,13-14H2,1H3,(H2,29,34)(H2,30,36,37). The first-order valence-corrected chi connectivity index (χ1v) is 14.4.